The molecule has 78 valence electrons. The summed E-state index contributed by atoms with van der Waals surface area (Å²) in [7, 11) is 2.06. The molecule has 0 amide bonds. The standard InChI is InChI=1S/C11H15Cl2N/c1-9(12)7-14(2)8-10-3-5-11(13)6-4-10/h3-6,9H,7-8H2,1-2H3. The lowest BCUT2D eigenvalue weighted by Crippen LogP contribution is -2.24. The summed E-state index contributed by atoms with van der Waals surface area (Å²) in [4.78, 5) is 2.20. The van der Waals surface area contributed by atoms with Gasteiger partial charge in [-0.1, -0.05) is 23.7 Å². The maximum absolute atomic E-state index is 5.90. The molecule has 1 rings (SSSR count). The van der Waals surface area contributed by atoms with E-state index < -0.39 is 0 Å². The van der Waals surface area contributed by atoms with E-state index in [1.807, 2.05) is 31.2 Å². The highest BCUT2D eigenvalue weighted by Crippen LogP contribution is 2.11. The molecule has 0 aliphatic carbocycles. The summed E-state index contributed by atoms with van der Waals surface area (Å²) in [5, 5.41) is 0.967. The van der Waals surface area contributed by atoms with Crippen molar-refractivity contribution in [2.24, 2.45) is 0 Å². The van der Waals surface area contributed by atoms with Crippen molar-refractivity contribution in [3.63, 3.8) is 0 Å². The van der Waals surface area contributed by atoms with Crippen molar-refractivity contribution in [3.8, 4) is 0 Å². The van der Waals surface area contributed by atoms with Gasteiger partial charge in [-0.3, -0.25) is 0 Å². The number of benzene rings is 1. The van der Waals surface area contributed by atoms with Crippen LogP contribution in [0, 0.1) is 0 Å². The zero-order chi connectivity index (χ0) is 10.6. The fourth-order valence-electron chi connectivity index (χ4n) is 1.40. The Morgan fingerprint density at radius 2 is 1.86 bits per heavy atom. The van der Waals surface area contributed by atoms with E-state index >= 15 is 0 Å². The molecular weight excluding hydrogens is 217 g/mol. The van der Waals surface area contributed by atoms with Gasteiger partial charge in [-0.15, -0.1) is 11.6 Å². The van der Waals surface area contributed by atoms with E-state index in [4.69, 9.17) is 23.2 Å². The van der Waals surface area contributed by atoms with Crippen molar-refractivity contribution < 1.29 is 0 Å². The van der Waals surface area contributed by atoms with E-state index in [0.717, 1.165) is 18.1 Å². The van der Waals surface area contributed by atoms with Crippen LogP contribution in [0.25, 0.3) is 0 Å². The Morgan fingerprint density at radius 1 is 1.29 bits per heavy atom. The molecule has 0 N–H and O–H groups in total. The van der Waals surface area contributed by atoms with Gasteiger partial charge in [0.2, 0.25) is 0 Å². The molecule has 1 atom stereocenters. The van der Waals surface area contributed by atoms with Crippen LogP contribution in [0.2, 0.25) is 5.02 Å². The van der Waals surface area contributed by atoms with Crippen LogP contribution in [0.3, 0.4) is 0 Å². The minimum atomic E-state index is 0.187. The molecule has 14 heavy (non-hydrogen) atoms. The Morgan fingerprint density at radius 3 is 2.36 bits per heavy atom. The number of hydrogen-bond donors (Lipinski definition) is 0. The second-order valence-corrected chi connectivity index (χ2v) is 4.79. The SMILES string of the molecule is CC(Cl)CN(C)Cc1ccc(Cl)cc1. The first-order valence-electron chi connectivity index (χ1n) is 4.65. The van der Waals surface area contributed by atoms with Crippen LogP contribution in [0.15, 0.2) is 24.3 Å². The van der Waals surface area contributed by atoms with Gasteiger partial charge in [-0.25, -0.2) is 0 Å². The van der Waals surface area contributed by atoms with E-state index in [-0.39, 0.29) is 5.38 Å². The smallest absolute Gasteiger partial charge is 0.0435 e. The average Bonchev–Trinajstić information content (AvgIpc) is 2.07. The van der Waals surface area contributed by atoms with Crippen LogP contribution in [0.5, 0.6) is 0 Å². The number of nitrogens with zero attached hydrogens (tertiary/aromatic N) is 1. The van der Waals surface area contributed by atoms with Crippen LogP contribution in [-0.2, 0) is 6.54 Å². The molecule has 0 aliphatic heterocycles. The second kappa shape index (κ2) is 5.59. The molecular formula is C11H15Cl2N. The number of halogens is 2. The van der Waals surface area contributed by atoms with Crippen LogP contribution < -0.4 is 0 Å². The van der Waals surface area contributed by atoms with Crippen LogP contribution in [0.4, 0.5) is 0 Å². The molecule has 0 spiro atoms. The van der Waals surface area contributed by atoms with Crippen molar-refractivity contribution in [1.82, 2.24) is 4.90 Å². The minimum Gasteiger partial charge on any atom is -0.301 e. The topological polar surface area (TPSA) is 3.24 Å². The van der Waals surface area contributed by atoms with Crippen LogP contribution >= 0.6 is 23.2 Å². The van der Waals surface area contributed by atoms with Crippen molar-refractivity contribution >= 4 is 23.2 Å². The molecule has 0 saturated carbocycles. The minimum absolute atomic E-state index is 0.187. The average molecular weight is 232 g/mol. The number of rotatable bonds is 4. The van der Waals surface area contributed by atoms with Gasteiger partial charge in [0.25, 0.3) is 0 Å². The van der Waals surface area contributed by atoms with Gasteiger partial charge in [0, 0.05) is 23.5 Å². The van der Waals surface area contributed by atoms with E-state index in [0.29, 0.717) is 0 Å². The first-order chi connectivity index (χ1) is 6.58. The van der Waals surface area contributed by atoms with Gasteiger partial charge in [0.05, 0.1) is 0 Å². The molecule has 1 aromatic carbocycles. The molecule has 0 aromatic heterocycles. The third-order valence-electron chi connectivity index (χ3n) is 1.93. The van der Waals surface area contributed by atoms with Crippen LogP contribution in [0.1, 0.15) is 12.5 Å². The quantitative estimate of drug-likeness (QED) is 0.719. The van der Waals surface area contributed by atoms with Crippen molar-refractivity contribution in [1.29, 1.82) is 0 Å². The van der Waals surface area contributed by atoms with Gasteiger partial charge < -0.3 is 4.90 Å². The lowest BCUT2D eigenvalue weighted by atomic mass is 10.2. The predicted octanol–water partition coefficient (Wildman–Crippen LogP) is 3.40. The molecule has 3 heteroatoms. The predicted molar refractivity (Wildman–Crippen MR) is 63.1 cm³/mol. The monoisotopic (exact) mass is 231 g/mol. The lowest BCUT2D eigenvalue weighted by molar-refractivity contribution is 0.330. The molecule has 1 unspecified atom stereocenters. The molecule has 0 radical (unpaired) electrons. The molecule has 1 aromatic rings. The van der Waals surface area contributed by atoms with Gasteiger partial charge in [-0.05, 0) is 31.7 Å². The molecule has 0 bridgehead atoms. The molecule has 0 heterocycles. The van der Waals surface area contributed by atoms with Gasteiger partial charge in [0.15, 0.2) is 0 Å². The fraction of sp³-hybridized carbons (Fsp3) is 0.455. The molecule has 0 aliphatic rings. The normalized spacial score (nSPS) is 13.2. The first-order valence-corrected chi connectivity index (χ1v) is 5.46. The summed E-state index contributed by atoms with van der Waals surface area (Å²) in [5.74, 6) is 0. The maximum atomic E-state index is 5.90. The van der Waals surface area contributed by atoms with E-state index in [1.165, 1.54) is 5.56 Å². The summed E-state index contributed by atoms with van der Waals surface area (Å²) in [6, 6.07) is 7.90. The van der Waals surface area contributed by atoms with Gasteiger partial charge in [0.1, 0.15) is 0 Å². The Kier molecular flexibility index (Phi) is 4.73. The zero-order valence-corrected chi connectivity index (χ0v) is 10.0. The maximum Gasteiger partial charge on any atom is 0.0435 e. The highest BCUT2D eigenvalue weighted by molar-refractivity contribution is 6.30. The Balaban J connectivity index is 2.47. The molecule has 0 fully saturated rings. The summed E-state index contributed by atoms with van der Waals surface area (Å²) in [6.07, 6.45) is 0. The Labute approximate surface area is 95.6 Å². The van der Waals surface area contributed by atoms with Crippen molar-refractivity contribution in [3.05, 3.63) is 34.9 Å². The Bertz CT molecular complexity index is 269. The highest BCUT2D eigenvalue weighted by atomic mass is 35.5. The third kappa shape index (κ3) is 4.32. The summed E-state index contributed by atoms with van der Waals surface area (Å²) in [6.45, 7) is 3.80. The van der Waals surface area contributed by atoms with Gasteiger partial charge in [-0.2, -0.15) is 0 Å². The van der Waals surface area contributed by atoms with Crippen molar-refractivity contribution in [2.45, 2.75) is 18.8 Å². The summed E-state index contributed by atoms with van der Waals surface area (Å²) in [5.41, 5.74) is 1.26. The third-order valence-corrected chi connectivity index (χ3v) is 2.32. The molecule has 1 nitrogen and oxygen atoms in total. The van der Waals surface area contributed by atoms with E-state index in [2.05, 4.69) is 11.9 Å². The lowest BCUT2D eigenvalue weighted by Gasteiger charge is -2.17. The largest absolute Gasteiger partial charge is 0.301 e. The number of hydrogen-bond acceptors (Lipinski definition) is 1. The van der Waals surface area contributed by atoms with E-state index in [9.17, 15) is 0 Å². The molecule has 0 saturated heterocycles. The van der Waals surface area contributed by atoms with Crippen LogP contribution in [-0.4, -0.2) is 23.9 Å². The van der Waals surface area contributed by atoms with E-state index in [1.54, 1.807) is 0 Å². The van der Waals surface area contributed by atoms with Gasteiger partial charge >= 0.3 is 0 Å². The van der Waals surface area contributed by atoms with Crippen molar-refractivity contribution in [2.75, 3.05) is 13.6 Å². The summed E-state index contributed by atoms with van der Waals surface area (Å²) < 4.78 is 0. The summed E-state index contributed by atoms with van der Waals surface area (Å²) >= 11 is 11.7. The zero-order valence-electron chi connectivity index (χ0n) is 8.50. The number of alkyl halides is 1. The Hall–Kier alpha value is -0.240. The second-order valence-electron chi connectivity index (χ2n) is 3.60. The first kappa shape index (κ1) is 11.8. The highest BCUT2D eigenvalue weighted by Gasteiger charge is 2.03. The fourth-order valence-corrected chi connectivity index (χ4v) is 1.76.